The number of ether oxygens (including phenoxy) is 4. The van der Waals surface area contributed by atoms with Gasteiger partial charge in [0.25, 0.3) is 0 Å². The molecule has 0 saturated carbocycles. The van der Waals surface area contributed by atoms with E-state index < -0.39 is 42.4 Å². The standard InChI is InChI=1S/C28H30ClN5O7/c1-6-12-33(13-20-10-8-19(7-2)9-11-20)25-22-26(32-28(29)31-25)34(15-30-22)27-24(40-18(5)37)23(39-17(4)36)21(41-27)14-38-16(3)35/h2,8-11,15,21,23-24,27H,6,12-14H2,1,3-5H3/t21-,23+,24+,27-/m1/s1. The molecule has 4 rings (SSSR count). The van der Waals surface area contributed by atoms with Gasteiger partial charge in [-0.1, -0.05) is 25.0 Å². The van der Waals surface area contributed by atoms with Gasteiger partial charge in [-0.2, -0.15) is 9.97 Å². The molecule has 0 spiro atoms. The van der Waals surface area contributed by atoms with Crippen molar-refractivity contribution < 1.29 is 33.3 Å². The fourth-order valence-electron chi connectivity index (χ4n) is 4.66. The summed E-state index contributed by atoms with van der Waals surface area (Å²) in [5.41, 5.74) is 2.52. The molecule has 4 atom stereocenters. The van der Waals surface area contributed by atoms with Crippen LogP contribution in [0.25, 0.3) is 11.2 Å². The van der Waals surface area contributed by atoms with Crippen molar-refractivity contribution in [2.24, 2.45) is 0 Å². The van der Waals surface area contributed by atoms with Crippen molar-refractivity contribution in [3.8, 4) is 12.3 Å². The Balaban J connectivity index is 1.75. The van der Waals surface area contributed by atoms with E-state index in [-0.39, 0.29) is 11.9 Å². The van der Waals surface area contributed by atoms with Gasteiger partial charge in [0.05, 0.1) is 6.33 Å². The van der Waals surface area contributed by atoms with Crippen LogP contribution in [0, 0.1) is 12.3 Å². The summed E-state index contributed by atoms with van der Waals surface area (Å²) in [6.07, 6.45) is 3.62. The average molecular weight is 584 g/mol. The second-order valence-corrected chi connectivity index (χ2v) is 9.76. The number of imidazole rings is 1. The lowest BCUT2D eigenvalue weighted by Gasteiger charge is -2.25. The molecule has 1 saturated heterocycles. The topological polar surface area (TPSA) is 135 Å². The van der Waals surface area contributed by atoms with Crippen LogP contribution in [0.1, 0.15) is 51.5 Å². The molecule has 1 fully saturated rings. The molecule has 0 radical (unpaired) electrons. The molecular formula is C28H30ClN5O7. The lowest BCUT2D eigenvalue weighted by Crippen LogP contribution is -2.40. The minimum Gasteiger partial charge on any atom is -0.463 e. The molecular weight excluding hydrogens is 554 g/mol. The molecule has 3 aromatic rings. The van der Waals surface area contributed by atoms with Crippen molar-refractivity contribution in [3.63, 3.8) is 0 Å². The van der Waals surface area contributed by atoms with Crippen LogP contribution in [0.4, 0.5) is 5.82 Å². The first-order valence-corrected chi connectivity index (χ1v) is 13.3. The third-order valence-corrected chi connectivity index (χ3v) is 6.45. The number of benzene rings is 1. The summed E-state index contributed by atoms with van der Waals surface area (Å²) in [6.45, 7) is 6.63. The van der Waals surface area contributed by atoms with Gasteiger partial charge in [0.2, 0.25) is 5.28 Å². The highest BCUT2D eigenvalue weighted by Gasteiger charge is 2.51. The molecule has 12 nitrogen and oxygen atoms in total. The molecule has 13 heteroatoms. The Morgan fingerprint density at radius 3 is 2.37 bits per heavy atom. The van der Waals surface area contributed by atoms with Gasteiger partial charge in [0.1, 0.15) is 12.7 Å². The van der Waals surface area contributed by atoms with Gasteiger partial charge in [-0.15, -0.1) is 6.42 Å². The van der Waals surface area contributed by atoms with Crippen molar-refractivity contribution in [2.75, 3.05) is 18.1 Å². The summed E-state index contributed by atoms with van der Waals surface area (Å²) in [4.78, 5) is 51.0. The number of terminal acetylenes is 1. The Morgan fingerprint density at radius 2 is 1.76 bits per heavy atom. The van der Waals surface area contributed by atoms with Crippen LogP contribution in [-0.2, 0) is 39.9 Å². The van der Waals surface area contributed by atoms with Crippen LogP contribution in [0.3, 0.4) is 0 Å². The van der Waals surface area contributed by atoms with Gasteiger partial charge < -0.3 is 23.8 Å². The lowest BCUT2D eigenvalue weighted by atomic mass is 10.1. The van der Waals surface area contributed by atoms with E-state index in [0.717, 1.165) is 17.5 Å². The van der Waals surface area contributed by atoms with E-state index in [4.69, 9.17) is 37.0 Å². The van der Waals surface area contributed by atoms with Crippen LogP contribution in [-0.4, -0.2) is 68.9 Å². The minimum absolute atomic E-state index is 0.0342. The summed E-state index contributed by atoms with van der Waals surface area (Å²) in [5, 5.41) is -0.0342. The maximum absolute atomic E-state index is 12.1. The smallest absolute Gasteiger partial charge is 0.303 e. The maximum Gasteiger partial charge on any atom is 0.303 e. The van der Waals surface area contributed by atoms with Crippen molar-refractivity contribution in [2.45, 2.75) is 65.2 Å². The third-order valence-electron chi connectivity index (χ3n) is 6.28. The Labute approximate surface area is 241 Å². The normalized spacial score (nSPS) is 19.9. The summed E-state index contributed by atoms with van der Waals surface area (Å²) in [5.74, 6) is 1.30. The first-order valence-electron chi connectivity index (χ1n) is 12.9. The number of hydrogen-bond acceptors (Lipinski definition) is 11. The highest BCUT2D eigenvalue weighted by atomic mass is 35.5. The van der Waals surface area contributed by atoms with E-state index in [2.05, 4.69) is 20.9 Å². The maximum atomic E-state index is 12.1. The quantitative estimate of drug-likeness (QED) is 0.151. The van der Waals surface area contributed by atoms with Gasteiger partial charge >= 0.3 is 17.9 Å². The van der Waals surface area contributed by atoms with E-state index in [1.807, 2.05) is 36.1 Å². The van der Waals surface area contributed by atoms with Gasteiger partial charge in [-0.25, -0.2) is 4.98 Å². The Kier molecular flexibility index (Phi) is 9.42. The van der Waals surface area contributed by atoms with Crippen LogP contribution in [0.5, 0.6) is 0 Å². The molecule has 1 aliphatic rings. The Morgan fingerprint density at radius 1 is 1.07 bits per heavy atom. The minimum atomic E-state index is -1.10. The van der Waals surface area contributed by atoms with Crippen molar-refractivity contribution in [1.82, 2.24) is 19.5 Å². The van der Waals surface area contributed by atoms with Gasteiger partial charge in [-0.3, -0.25) is 19.0 Å². The summed E-state index contributed by atoms with van der Waals surface area (Å²) >= 11 is 6.41. The molecule has 216 valence electrons. The van der Waals surface area contributed by atoms with Crippen LogP contribution in [0.15, 0.2) is 30.6 Å². The number of carbonyl (C=O) groups is 3. The molecule has 0 aliphatic carbocycles. The van der Waals surface area contributed by atoms with Crippen molar-refractivity contribution in [1.29, 1.82) is 0 Å². The average Bonchev–Trinajstić information content (AvgIpc) is 3.47. The molecule has 3 heterocycles. The second-order valence-electron chi connectivity index (χ2n) is 9.42. The van der Waals surface area contributed by atoms with Gasteiger partial charge in [-0.05, 0) is 35.7 Å². The van der Waals surface area contributed by atoms with Crippen LogP contribution >= 0.6 is 11.6 Å². The van der Waals surface area contributed by atoms with E-state index in [1.54, 1.807) is 0 Å². The molecule has 0 N–H and O–H groups in total. The van der Waals surface area contributed by atoms with Crippen LogP contribution < -0.4 is 4.90 Å². The van der Waals surface area contributed by atoms with Gasteiger partial charge in [0.15, 0.2) is 35.4 Å². The van der Waals surface area contributed by atoms with Crippen molar-refractivity contribution in [3.05, 3.63) is 47.0 Å². The zero-order valence-electron chi connectivity index (χ0n) is 23.1. The number of nitrogens with zero attached hydrogens (tertiary/aromatic N) is 5. The SMILES string of the molecule is C#Cc1ccc(CN(CCC)c2nc(Cl)nc3c2ncn3[C@@H]2O[C@H](COC(C)=O)[C@H](OC(C)=O)[C@@H]2OC(C)=O)cc1. The number of halogens is 1. The molecule has 0 amide bonds. The number of anilines is 1. The number of fused-ring (bicyclic) bond motifs is 1. The Hall–Kier alpha value is -4.21. The number of aromatic nitrogens is 4. The number of rotatable bonds is 10. The fraction of sp³-hybridized carbons (Fsp3) is 0.429. The predicted octanol–water partition coefficient (Wildman–Crippen LogP) is 3.20. The van der Waals surface area contributed by atoms with E-state index in [0.29, 0.717) is 30.1 Å². The molecule has 1 aromatic carbocycles. The van der Waals surface area contributed by atoms with E-state index in [1.165, 1.54) is 31.7 Å². The molecule has 0 unspecified atom stereocenters. The first kappa shape index (κ1) is 29.8. The number of esters is 3. The predicted molar refractivity (Wildman–Crippen MR) is 148 cm³/mol. The molecule has 2 aromatic heterocycles. The third kappa shape index (κ3) is 6.93. The molecule has 1 aliphatic heterocycles. The van der Waals surface area contributed by atoms with Gasteiger partial charge in [0, 0.05) is 39.4 Å². The second kappa shape index (κ2) is 13.0. The number of hydrogen-bond donors (Lipinski definition) is 0. The highest BCUT2D eigenvalue weighted by molar-refractivity contribution is 6.28. The lowest BCUT2D eigenvalue weighted by molar-refractivity contribution is -0.166. The first-order chi connectivity index (χ1) is 19.6. The Bertz CT molecular complexity index is 1470. The fourth-order valence-corrected chi connectivity index (χ4v) is 4.82. The highest BCUT2D eigenvalue weighted by Crippen LogP contribution is 2.37. The largest absolute Gasteiger partial charge is 0.463 e. The number of carbonyl (C=O) groups excluding carboxylic acids is 3. The zero-order chi connectivity index (χ0) is 29.7. The summed E-state index contributed by atoms with van der Waals surface area (Å²) in [7, 11) is 0. The summed E-state index contributed by atoms with van der Waals surface area (Å²) in [6, 6.07) is 7.64. The van der Waals surface area contributed by atoms with Crippen molar-refractivity contribution >= 4 is 46.5 Å². The van der Waals surface area contributed by atoms with Crippen LogP contribution in [0.2, 0.25) is 5.28 Å². The zero-order valence-corrected chi connectivity index (χ0v) is 23.8. The van der Waals surface area contributed by atoms with E-state index in [9.17, 15) is 14.4 Å². The molecule has 41 heavy (non-hydrogen) atoms. The summed E-state index contributed by atoms with van der Waals surface area (Å²) < 4.78 is 23.8. The van der Waals surface area contributed by atoms with E-state index >= 15 is 0 Å². The molecule has 0 bridgehead atoms. The monoisotopic (exact) mass is 583 g/mol.